The van der Waals surface area contributed by atoms with E-state index in [1.165, 1.54) is 0 Å². The van der Waals surface area contributed by atoms with E-state index in [0.717, 1.165) is 5.56 Å². The number of ether oxygens (including phenoxy) is 3. The van der Waals surface area contributed by atoms with Gasteiger partial charge in [0.1, 0.15) is 11.5 Å². The summed E-state index contributed by atoms with van der Waals surface area (Å²) in [4.78, 5) is 22.2. The molecule has 228 valence electrons. The largest absolute Gasteiger partial charge is 0.457 e. The third kappa shape index (κ3) is 11.6. The molecule has 2 rings (SSSR count). The summed E-state index contributed by atoms with van der Waals surface area (Å²) in [6, 6.07) is 16.3. The number of carbonyl (C=O) groups is 2. The summed E-state index contributed by atoms with van der Waals surface area (Å²) in [6.07, 6.45) is 0.121. The van der Waals surface area contributed by atoms with Crippen LogP contribution in [0.4, 0.5) is 0 Å². The zero-order valence-electron chi connectivity index (χ0n) is 24.2. The average Bonchev–Trinajstić information content (AvgIpc) is 2.85. The minimum Gasteiger partial charge on any atom is -0.457 e. The maximum Gasteiger partial charge on any atom is 0.357 e. The van der Waals surface area contributed by atoms with Crippen LogP contribution in [0, 0.1) is 10.8 Å². The smallest absolute Gasteiger partial charge is 0.357 e. The van der Waals surface area contributed by atoms with Gasteiger partial charge in [-0.05, 0) is 90.6 Å². The minimum absolute atomic E-state index is 0.138. The number of rotatable bonds is 14. The van der Waals surface area contributed by atoms with Gasteiger partial charge < -0.3 is 14.2 Å². The van der Waals surface area contributed by atoms with Crippen LogP contribution < -0.4 is 4.74 Å². The zero-order chi connectivity index (χ0) is 30.9. The average molecular weight is 615 g/mol. The monoisotopic (exact) mass is 614 g/mol. The van der Waals surface area contributed by atoms with Crippen LogP contribution in [-0.2, 0) is 49.2 Å². The van der Waals surface area contributed by atoms with Crippen molar-refractivity contribution in [3.63, 3.8) is 0 Å². The molecule has 0 aliphatic carbocycles. The number of para-hydroxylation sites is 1. The third-order valence-corrected chi connectivity index (χ3v) is 9.95. The Morgan fingerprint density at radius 2 is 1.34 bits per heavy atom. The first-order chi connectivity index (χ1) is 18.9. The van der Waals surface area contributed by atoms with Crippen molar-refractivity contribution >= 4 is 29.7 Å². The van der Waals surface area contributed by atoms with E-state index in [1.807, 2.05) is 24.3 Å². The number of aryl methyl sites for hydroxylation is 1. The van der Waals surface area contributed by atoms with Gasteiger partial charge in [-0.3, -0.25) is 27.8 Å². The van der Waals surface area contributed by atoms with Crippen LogP contribution in [0.5, 0.6) is 11.5 Å². The summed E-state index contributed by atoms with van der Waals surface area (Å²) in [5.41, 5.74) is -1.04. The Hall–Kier alpha value is -2.76. The van der Waals surface area contributed by atoms with E-state index >= 15 is 0 Å². The highest BCUT2D eigenvalue weighted by Gasteiger charge is 2.45. The van der Waals surface area contributed by atoms with Crippen molar-refractivity contribution in [1.29, 1.82) is 0 Å². The molecule has 2 aromatic rings. The third-order valence-electron chi connectivity index (χ3n) is 5.56. The van der Waals surface area contributed by atoms with Crippen molar-refractivity contribution < 1.29 is 50.4 Å². The molecule has 0 bridgehead atoms. The SMILES string of the molecule is CC(C)(C)C(=O)OCOP(=O)(OCOC(=O)C(C)(C)C)[C@H](CCCc1cccc(Oc2ccccc2)c1)S(=O)(=O)O. The molecule has 0 aromatic heterocycles. The van der Waals surface area contributed by atoms with Gasteiger partial charge >= 0.3 is 19.5 Å². The van der Waals surface area contributed by atoms with Crippen LogP contribution in [-0.4, -0.2) is 43.5 Å². The second-order valence-corrected chi connectivity index (χ2v) is 15.5. The highest BCUT2D eigenvalue weighted by atomic mass is 32.2. The van der Waals surface area contributed by atoms with Crippen molar-refractivity contribution in [3.8, 4) is 11.5 Å². The lowest BCUT2D eigenvalue weighted by molar-refractivity contribution is -0.162. The molecule has 0 heterocycles. The molecule has 0 aliphatic heterocycles. The Morgan fingerprint density at radius 1 is 0.829 bits per heavy atom. The van der Waals surface area contributed by atoms with Crippen molar-refractivity contribution in [3.05, 3.63) is 60.2 Å². The molecule has 0 saturated carbocycles. The first kappa shape index (κ1) is 34.4. The Balaban J connectivity index is 2.17. The van der Waals surface area contributed by atoms with Crippen molar-refractivity contribution in [2.24, 2.45) is 10.8 Å². The molecule has 0 unspecified atom stereocenters. The number of benzene rings is 2. The molecule has 0 saturated heterocycles. The Morgan fingerprint density at radius 3 is 1.83 bits per heavy atom. The number of hydrogen-bond donors (Lipinski definition) is 1. The van der Waals surface area contributed by atoms with Crippen LogP contribution in [0.1, 0.15) is 59.9 Å². The predicted octanol–water partition coefficient (Wildman–Crippen LogP) is 6.34. The highest BCUT2D eigenvalue weighted by molar-refractivity contribution is 7.94. The lowest BCUT2D eigenvalue weighted by Crippen LogP contribution is -2.28. The van der Waals surface area contributed by atoms with Crippen LogP contribution in [0.25, 0.3) is 0 Å². The van der Waals surface area contributed by atoms with Crippen molar-refractivity contribution in [2.45, 2.75) is 65.8 Å². The van der Waals surface area contributed by atoms with Gasteiger partial charge in [0, 0.05) is 0 Å². The topological polar surface area (TPSA) is 152 Å². The van der Waals surface area contributed by atoms with E-state index < -0.39 is 59.1 Å². The molecule has 0 spiro atoms. The molecular formula is C28H39O11PS. The highest BCUT2D eigenvalue weighted by Crippen LogP contribution is 2.56. The van der Waals surface area contributed by atoms with Crippen LogP contribution >= 0.6 is 7.60 Å². The van der Waals surface area contributed by atoms with Gasteiger partial charge in [0.15, 0.2) is 4.99 Å². The second-order valence-electron chi connectivity index (χ2n) is 11.3. The van der Waals surface area contributed by atoms with Gasteiger partial charge in [0.25, 0.3) is 10.1 Å². The first-order valence-corrected chi connectivity index (χ1v) is 16.0. The van der Waals surface area contributed by atoms with Crippen molar-refractivity contribution in [1.82, 2.24) is 0 Å². The fourth-order valence-corrected chi connectivity index (χ4v) is 6.72. The van der Waals surface area contributed by atoms with Crippen LogP contribution in [0.2, 0.25) is 0 Å². The lowest BCUT2D eigenvalue weighted by Gasteiger charge is -2.26. The summed E-state index contributed by atoms with van der Waals surface area (Å²) in [6.45, 7) is 7.67. The van der Waals surface area contributed by atoms with Gasteiger partial charge in [0.05, 0.1) is 10.8 Å². The van der Waals surface area contributed by atoms with Crippen LogP contribution in [0.3, 0.4) is 0 Å². The van der Waals surface area contributed by atoms with Crippen LogP contribution in [0.15, 0.2) is 54.6 Å². The predicted molar refractivity (Wildman–Crippen MR) is 152 cm³/mol. The normalized spacial score (nSPS) is 13.3. The molecule has 0 radical (unpaired) electrons. The summed E-state index contributed by atoms with van der Waals surface area (Å²) in [5, 5.41) is 0. The summed E-state index contributed by atoms with van der Waals surface area (Å²) >= 11 is 0. The van der Waals surface area contributed by atoms with Gasteiger partial charge in [-0.15, -0.1) is 0 Å². The molecule has 13 heteroatoms. The number of esters is 2. The summed E-state index contributed by atoms with van der Waals surface area (Å²) in [5.74, 6) is -0.196. The fraction of sp³-hybridized carbons (Fsp3) is 0.500. The molecule has 41 heavy (non-hydrogen) atoms. The summed E-state index contributed by atoms with van der Waals surface area (Å²) < 4.78 is 74.6. The van der Waals surface area contributed by atoms with E-state index in [9.17, 15) is 27.1 Å². The quantitative estimate of drug-likeness (QED) is 0.110. The molecule has 1 atom stereocenters. The second kappa shape index (κ2) is 14.4. The van der Waals surface area contributed by atoms with E-state index in [-0.39, 0.29) is 12.8 Å². The lowest BCUT2D eigenvalue weighted by atomic mass is 9.98. The maximum atomic E-state index is 13.7. The van der Waals surface area contributed by atoms with E-state index in [1.54, 1.807) is 71.9 Å². The molecule has 0 aliphatic rings. The Bertz CT molecular complexity index is 1280. The minimum atomic E-state index is -5.00. The van der Waals surface area contributed by atoms with E-state index in [0.29, 0.717) is 17.9 Å². The Kier molecular flexibility index (Phi) is 12.1. The zero-order valence-corrected chi connectivity index (χ0v) is 25.9. The fourth-order valence-electron chi connectivity index (χ4n) is 3.28. The molecular weight excluding hydrogens is 575 g/mol. The molecule has 0 fully saturated rings. The first-order valence-electron chi connectivity index (χ1n) is 12.9. The van der Waals surface area contributed by atoms with Gasteiger partial charge in [-0.25, -0.2) is 0 Å². The van der Waals surface area contributed by atoms with E-state index in [2.05, 4.69) is 0 Å². The molecule has 2 aromatic carbocycles. The van der Waals surface area contributed by atoms with Gasteiger partial charge in [-0.1, -0.05) is 30.3 Å². The van der Waals surface area contributed by atoms with Gasteiger partial charge in [-0.2, -0.15) is 8.42 Å². The van der Waals surface area contributed by atoms with E-state index in [4.69, 9.17) is 23.3 Å². The number of hydrogen-bond acceptors (Lipinski definition) is 10. The molecule has 1 N–H and O–H groups in total. The number of carbonyl (C=O) groups excluding carboxylic acids is 2. The van der Waals surface area contributed by atoms with Crippen molar-refractivity contribution in [2.75, 3.05) is 13.6 Å². The standard InChI is InChI=1S/C28H39O11PS/c1-27(2,3)25(29)35-19-37-40(31,38-20-36-26(30)28(4,5)6)24(41(32,33)34)17-11-13-21-12-10-16-23(18-21)39-22-14-8-7-9-15-22/h7-10,12,14-16,18,24H,11,13,17,19-20H2,1-6H3,(H,32,33,34)/t24-/m0/s1. The van der Waals surface area contributed by atoms with Gasteiger partial charge in [0.2, 0.25) is 13.6 Å². The summed E-state index contributed by atoms with van der Waals surface area (Å²) in [7, 11) is -9.76. The molecule has 0 amide bonds. The maximum absolute atomic E-state index is 13.7. The molecule has 11 nitrogen and oxygen atoms in total. The Labute approximate surface area is 241 Å².